The van der Waals surface area contributed by atoms with E-state index in [0.29, 0.717) is 5.65 Å². The maximum atomic E-state index is 11.2. The third kappa shape index (κ3) is 1.31. The number of aromatic nitrogens is 3. The quantitative estimate of drug-likeness (QED) is 0.525. The molecule has 14 heavy (non-hydrogen) atoms. The fraction of sp³-hybridized carbons (Fsp3) is 0.125. The molecule has 0 aliphatic carbocycles. The van der Waals surface area contributed by atoms with Crippen LogP contribution in [0.15, 0.2) is 18.5 Å². The standard InChI is InChI=1S/C8H6ClN3O2/c1-14-7(13)5-4-6-10-2-3-12(6)8(9)11-5/h2-4H,1H3. The molecule has 2 aromatic heterocycles. The molecule has 0 radical (unpaired) electrons. The molecule has 0 unspecified atom stereocenters. The van der Waals surface area contributed by atoms with E-state index < -0.39 is 5.97 Å². The van der Waals surface area contributed by atoms with Crippen molar-refractivity contribution in [1.82, 2.24) is 14.4 Å². The van der Waals surface area contributed by atoms with Crippen LogP contribution < -0.4 is 0 Å². The Morgan fingerprint density at radius 1 is 1.64 bits per heavy atom. The molecule has 2 rings (SSSR count). The van der Waals surface area contributed by atoms with E-state index in [4.69, 9.17) is 11.6 Å². The zero-order chi connectivity index (χ0) is 10.1. The summed E-state index contributed by atoms with van der Waals surface area (Å²) < 4.78 is 6.08. The number of carbonyl (C=O) groups is 1. The van der Waals surface area contributed by atoms with Gasteiger partial charge in [0.05, 0.1) is 7.11 Å². The molecule has 0 bridgehead atoms. The van der Waals surface area contributed by atoms with E-state index in [0.717, 1.165) is 0 Å². The van der Waals surface area contributed by atoms with Crippen molar-refractivity contribution in [3.8, 4) is 0 Å². The summed E-state index contributed by atoms with van der Waals surface area (Å²) in [5.41, 5.74) is 0.710. The van der Waals surface area contributed by atoms with Gasteiger partial charge in [-0.15, -0.1) is 0 Å². The van der Waals surface area contributed by atoms with E-state index in [1.165, 1.54) is 13.2 Å². The average molecular weight is 212 g/mol. The molecule has 0 amide bonds. The van der Waals surface area contributed by atoms with E-state index >= 15 is 0 Å². The molecule has 0 N–H and O–H groups in total. The van der Waals surface area contributed by atoms with Crippen LogP contribution in [0.4, 0.5) is 0 Å². The van der Waals surface area contributed by atoms with Crippen molar-refractivity contribution in [2.45, 2.75) is 0 Å². The molecule has 5 nitrogen and oxygen atoms in total. The molecule has 0 saturated heterocycles. The summed E-state index contributed by atoms with van der Waals surface area (Å²) in [7, 11) is 1.29. The highest BCUT2D eigenvalue weighted by Crippen LogP contribution is 2.11. The number of hydrogen-bond acceptors (Lipinski definition) is 4. The number of imidazole rings is 1. The summed E-state index contributed by atoms with van der Waals surface area (Å²) in [6.45, 7) is 0. The number of nitrogens with zero attached hydrogens (tertiary/aromatic N) is 3. The highest BCUT2D eigenvalue weighted by molar-refractivity contribution is 6.28. The molecule has 6 heteroatoms. The highest BCUT2D eigenvalue weighted by Gasteiger charge is 2.11. The van der Waals surface area contributed by atoms with Crippen LogP contribution in [0, 0.1) is 0 Å². The number of hydrogen-bond donors (Lipinski definition) is 0. The number of fused-ring (bicyclic) bond motifs is 1. The van der Waals surface area contributed by atoms with Gasteiger partial charge in [-0.1, -0.05) is 0 Å². The van der Waals surface area contributed by atoms with Gasteiger partial charge in [0.15, 0.2) is 5.69 Å². The molecule has 0 aromatic carbocycles. The number of rotatable bonds is 1. The first-order valence-electron chi connectivity index (χ1n) is 3.80. The minimum atomic E-state index is -0.530. The third-order valence-corrected chi connectivity index (χ3v) is 2.01. The zero-order valence-electron chi connectivity index (χ0n) is 7.27. The Labute approximate surface area is 84.3 Å². The van der Waals surface area contributed by atoms with E-state index in [9.17, 15) is 4.79 Å². The lowest BCUT2D eigenvalue weighted by Crippen LogP contribution is -2.06. The van der Waals surface area contributed by atoms with Gasteiger partial charge in [-0.2, -0.15) is 0 Å². The summed E-state index contributed by atoms with van der Waals surface area (Å²) in [4.78, 5) is 19.0. The van der Waals surface area contributed by atoms with Gasteiger partial charge >= 0.3 is 5.97 Å². The Bertz CT molecular complexity index is 494. The average Bonchev–Trinajstić information content (AvgIpc) is 2.64. The monoisotopic (exact) mass is 211 g/mol. The minimum absolute atomic E-state index is 0.149. The van der Waals surface area contributed by atoms with Crippen LogP contribution >= 0.6 is 11.6 Å². The Hall–Kier alpha value is -1.62. The Balaban J connectivity index is 2.64. The lowest BCUT2D eigenvalue weighted by Gasteiger charge is -2.00. The molecule has 0 fully saturated rings. The van der Waals surface area contributed by atoms with Gasteiger partial charge in [0.1, 0.15) is 5.65 Å². The van der Waals surface area contributed by atoms with Gasteiger partial charge in [0, 0.05) is 18.5 Å². The van der Waals surface area contributed by atoms with Crippen LogP contribution in [0.2, 0.25) is 5.28 Å². The molecule has 2 heterocycles. The summed E-state index contributed by atoms with van der Waals surface area (Å²) in [6.07, 6.45) is 3.23. The predicted octanol–water partition coefficient (Wildman–Crippen LogP) is 1.17. The minimum Gasteiger partial charge on any atom is -0.464 e. The van der Waals surface area contributed by atoms with Crippen molar-refractivity contribution in [2.24, 2.45) is 0 Å². The number of methoxy groups -OCH3 is 1. The molecule has 72 valence electrons. The Morgan fingerprint density at radius 3 is 3.14 bits per heavy atom. The van der Waals surface area contributed by atoms with Crippen LogP contribution in [0.25, 0.3) is 5.65 Å². The van der Waals surface area contributed by atoms with Crippen LogP contribution in [0.1, 0.15) is 10.5 Å². The SMILES string of the molecule is COC(=O)c1cc2nccn2c(Cl)n1. The lowest BCUT2D eigenvalue weighted by atomic mass is 10.4. The second-order valence-electron chi connectivity index (χ2n) is 2.56. The van der Waals surface area contributed by atoms with Crippen molar-refractivity contribution in [2.75, 3.05) is 7.11 Å². The number of ether oxygens (including phenoxy) is 1. The van der Waals surface area contributed by atoms with Crippen molar-refractivity contribution >= 4 is 23.2 Å². The molecule has 0 spiro atoms. The van der Waals surface area contributed by atoms with Crippen molar-refractivity contribution < 1.29 is 9.53 Å². The topological polar surface area (TPSA) is 56.5 Å². The highest BCUT2D eigenvalue weighted by atomic mass is 35.5. The first-order chi connectivity index (χ1) is 6.72. The maximum Gasteiger partial charge on any atom is 0.356 e. The van der Waals surface area contributed by atoms with E-state index in [-0.39, 0.29) is 11.0 Å². The summed E-state index contributed by atoms with van der Waals surface area (Å²) in [6, 6.07) is 1.51. The molecule has 0 atom stereocenters. The van der Waals surface area contributed by atoms with Crippen molar-refractivity contribution in [3.05, 3.63) is 29.4 Å². The lowest BCUT2D eigenvalue weighted by molar-refractivity contribution is 0.0594. The molecule has 0 saturated carbocycles. The van der Waals surface area contributed by atoms with Gasteiger partial charge in [-0.25, -0.2) is 14.8 Å². The van der Waals surface area contributed by atoms with Gasteiger partial charge in [0.25, 0.3) is 0 Å². The number of halogens is 1. The van der Waals surface area contributed by atoms with E-state index in [1.807, 2.05) is 0 Å². The van der Waals surface area contributed by atoms with Gasteiger partial charge in [0.2, 0.25) is 5.28 Å². The smallest absolute Gasteiger partial charge is 0.356 e. The Kier molecular flexibility index (Phi) is 2.09. The van der Waals surface area contributed by atoms with E-state index in [1.54, 1.807) is 16.8 Å². The van der Waals surface area contributed by atoms with E-state index in [2.05, 4.69) is 14.7 Å². The van der Waals surface area contributed by atoms with Crippen LogP contribution in [0.3, 0.4) is 0 Å². The second kappa shape index (κ2) is 3.26. The number of carbonyl (C=O) groups excluding carboxylic acids is 1. The van der Waals surface area contributed by atoms with Gasteiger partial charge < -0.3 is 4.74 Å². The predicted molar refractivity (Wildman–Crippen MR) is 49.3 cm³/mol. The molecule has 0 aliphatic rings. The zero-order valence-corrected chi connectivity index (χ0v) is 8.02. The van der Waals surface area contributed by atoms with Crippen LogP contribution in [0.5, 0.6) is 0 Å². The molecular formula is C8H6ClN3O2. The number of esters is 1. The van der Waals surface area contributed by atoms with Crippen LogP contribution in [-0.2, 0) is 4.74 Å². The second-order valence-corrected chi connectivity index (χ2v) is 2.90. The van der Waals surface area contributed by atoms with Crippen molar-refractivity contribution in [3.63, 3.8) is 0 Å². The summed E-state index contributed by atoms with van der Waals surface area (Å²) >= 11 is 5.81. The van der Waals surface area contributed by atoms with Crippen molar-refractivity contribution in [1.29, 1.82) is 0 Å². The molecule has 2 aromatic rings. The maximum absolute atomic E-state index is 11.2. The summed E-state index contributed by atoms with van der Waals surface area (Å²) in [5, 5.41) is 0.181. The van der Waals surface area contributed by atoms with Crippen LogP contribution in [-0.4, -0.2) is 27.4 Å². The van der Waals surface area contributed by atoms with Gasteiger partial charge in [-0.05, 0) is 11.6 Å². The molecular weight excluding hydrogens is 206 g/mol. The van der Waals surface area contributed by atoms with Gasteiger partial charge in [-0.3, -0.25) is 4.40 Å². The fourth-order valence-electron chi connectivity index (χ4n) is 1.09. The first kappa shape index (κ1) is 8.96. The summed E-state index contributed by atoms with van der Waals surface area (Å²) in [5.74, 6) is -0.530. The normalized spacial score (nSPS) is 10.4. The largest absolute Gasteiger partial charge is 0.464 e. The Morgan fingerprint density at radius 2 is 2.43 bits per heavy atom. The first-order valence-corrected chi connectivity index (χ1v) is 4.18. The third-order valence-electron chi connectivity index (χ3n) is 1.74. The fourth-order valence-corrected chi connectivity index (χ4v) is 1.33. The molecule has 0 aliphatic heterocycles.